The molecule has 0 amide bonds. The molecule has 1 atom stereocenters. The van der Waals surface area contributed by atoms with E-state index in [1.807, 2.05) is 18.2 Å². The smallest absolute Gasteiger partial charge is 0.320 e. The summed E-state index contributed by atoms with van der Waals surface area (Å²) in [6, 6.07) is 6.45. The van der Waals surface area contributed by atoms with Gasteiger partial charge in [0.2, 0.25) is 0 Å². The van der Waals surface area contributed by atoms with Gasteiger partial charge in [-0.3, -0.25) is 4.79 Å². The normalized spacial score (nSPS) is 12.9. The molecule has 0 spiro atoms. The van der Waals surface area contributed by atoms with Gasteiger partial charge in [0.05, 0.1) is 0 Å². The second-order valence-corrected chi connectivity index (χ2v) is 4.05. The van der Waals surface area contributed by atoms with Crippen molar-refractivity contribution in [3.05, 3.63) is 35.0 Å². The van der Waals surface area contributed by atoms with Crippen LogP contribution >= 0.6 is 11.6 Å². The van der Waals surface area contributed by atoms with Gasteiger partial charge in [0.1, 0.15) is 6.04 Å². The number of benzene rings is 1. The number of aromatic amines is 1. The molecule has 84 valence electrons. The van der Waals surface area contributed by atoms with Crippen LogP contribution in [0.3, 0.4) is 0 Å². The second-order valence-electron chi connectivity index (χ2n) is 3.64. The summed E-state index contributed by atoms with van der Waals surface area (Å²) in [6.07, 6.45) is 0.264. The highest BCUT2D eigenvalue weighted by molar-refractivity contribution is 6.35. The van der Waals surface area contributed by atoms with E-state index < -0.39 is 12.0 Å². The summed E-state index contributed by atoms with van der Waals surface area (Å²) in [6.45, 7) is 0. The highest BCUT2D eigenvalue weighted by Crippen LogP contribution is 2.24. The Bertz CT molecular complexity index is 536. The van der Waals surface area contributed by atoms with Crippen molar-refractivity contribution in [3.8, 4) is 0 Å². The van der Waals surface area contributed by atoms with Crippen LogP contribution in [0.15, 0.2) is 24.3 Å². The molecule has 16 heavy (non-hydrogen) atoms. The first-order valence-electron chi connectivity index (χ1n) is 4.82. The number of nitrogens with two attached hydrogens (primary N) is 1. The Morgan fingerprint density at radius 2 is 2.31 bits per heavy atom. The number of carboxylic acids is 1. The van der Waals surface area contributed by atoms with Gasteiger partial charge in [-0.2, -0.15) is 0 Å². The number of fused-ring (bicyclic) bond motifs is 1. The van der Waals surface area contributed by atoms with E-state index in [4.69, 9.17) is 22.4 Å². The van der Waals surface area contributed by atoms with Crippen LogP contribution < -0.4 is 5.73 Å². The van der Waals surface area contributed by atoms with E-state index in [1.165, 1.54) is 0 Å². The highest BCUT2D eigenvalue weighted by atomic mass is 35.5. The van der Waals surface area contributed by atoms with Crippen LogP contribution in [-0.2, 0) is 11.2 Å². The molecule has 0 saturated heterocycles. The molecule has 1 heterocycles. The number of H-pyrrole nitrogens is 1. The van der Waals surface area contributed by atoms with Crippen molar-refractivity contribution in [2.75, 3.05) is 0 Å². The van der Waals surface area contributed by atoms with Gasteiger partial charge in [0.25, 0.3) is 0 Å². The number of rotatable bonds is 3. The minimum atomic E-state index is -1.01. The summed E-state index contributed by atoms with van der Waals surface area (Å²) in [5.41, 5.74) is 7.12. The zero-order valence-electron chi connectivity index (χ0n) is 8.40. The Kier molecular flexibility index (Phi) is 2.85. The highest BCUT2D eigenvalue weighted by Gasteiger charge is 2.14. The van der Waals surface area contributed by atoms with Gasteiger partial charge in [-0.25, -0.2) is 0 Å². The van der Waals surface area contributed by atoms with Crippen molar-refractivity contribution in [1.29, 1.82) is 0 Å². The van der Waals surface area contributed by atoms with E-state index in [0.29, 0.717) is 5.02 Å². The molecule has 1 unspecified atom stereocenters. The van der Waals surface area contributed by atoms with Gasteiger partial charge in [-0.05, 0) is 18.2 Å². The first-order valence-corrected chi connectivity index (χ1v) is 5.20. The third-order valence-electron chi connectivity index (χ3n) is 2.42. The molecular formula is C11H11ClN2O2. The average Bonchev–Trinajstić information content (AvgIpc) is 2.61. The molecule has 1 aromatic heterocycles. The lowest BCUT2D eigenvalue weighted by Crippen LogP contribution is -2.32. The minimum Gasteiger partial charge on any atom is -0.480 e. The van der Waals surface area contributed by atoms with Gasteiger partial charge in [0, 0.05) is 28.0 Å². The van der Waals surface area contributed by atoms with Gasteiger partial charge < -0.3 is 15.8 Å². The second kappa shape index (κ2) is 4.15. The third kappa shape index (κ3) is 2.03. The van der Waals surface area contributed by atoms with E-state index >= 15 is 0 Å². The molecule has 0 fully saturated rings. The van der Waals surface area contributed by atoms with Crippen molar-refractivity contribution in [2.24, 2.45) is 5.73 Å². The number of hydrogen-bond acceptors (Lipinski definition) is 2. The van der Waals surface area contributed by atoms with Gasteiger partial charge in [-0.15, -0.1) is 0 Å². The maximum atomic E-state index is 10.6. The molecule has 1 aromatic carbocycles. The van der Waals surface area contributed by atoms with E-state index in [-0.39, 0.29) is 6.42 Å². The monoisotopic (exact) mass is 238 g/mol. The van der Waals surface area contributed by atoms with Crippen LogP contribution in [-0.4, -0.2) is 22.1 Å². The Balaban J connectivity index is 2.33. The SMILES string of the molecule is NC(Cc1cc2c(Cl)cccc2[nH]1)C(=O)O. The summed E-state index contributed by atoms with van der Waals surface area (Å²) in [5, 5.41) is 10.2. The molecule has 0 radical (unpaired) electrons. The van der Waals surface area contributed by atoms with E-state index in [2.05, 4.69) is 4.98 Å². The van der Waals surface area contributed by atoms with E-state index in [1.54, 1.807) is 6.07 Å². The topological polar surface area (TPSA) is 79.1 Å². The fourth-order valence-electron chi connectivity index (χ4n) is 1.61. The third-order valence-corrected chi connectivity index (χ3v) is 2.75. The van der Waals surface area contributed by atoms with Gasteiger partial charge in [-0.1, -0.05) is 17.7 Å². The molecule has 0 aliphatic carbocycles. The summed E-state index contributed by atoms with van der Waals surface area (Å²) in [7, 11) is 0. The number of halogens is 1. The quantitative estimate of drug-likeness (QED) is 0.763. The summed E-state index contributed by atoms with van der Waals surface area (Å²) < 4.78 is 0. The largest absolute Gasteiger partial charge is 0.480 e. The standard InChI is InChI=1S/C11H11ClN2O2/c12-8-2-1-3-10-7(8)4-6(14-10)5-9(13)11(15)16/h1-4,9,14H,5,13H2,(H,15,16). The molecule has 5 heteroatoms. The van der Waals surface area contributed by atoms with Crippen molar-refractivity contribution < 1.29 is 9.90 Å². The van der Waals surface area contributed by atoms with Crippen molar-refractivity contribution in [1.82, 2.24) is 4.98 Å². The molecule has 2 aromatic rings. The Hall–Kier alpha value is -1.52. The van der Waals surface area contributed by atoms with E-state index in [0.717, 1.165) is 16.6 Å². The first-order chi connectivity index (χ1) is 7.58. The molecule has 0 aliphatic rings. The van der Waals surface area contributed by atoms with Crippen LogP contribution in [0.4, 0.5) is 0 Å². The molecule has 0 bridgehead atoms. The molecule has 0 aliphatic heterocycles. The molecule has 4 nitrogen and oxygen atoms in total. The number of carbonyl (C=O) groups is 1. The number of carboxylic acid groups (broad SMARTS) is 1. The van der Waals surface area contributed by atoms with Crippen LogP contribution in [0, 0.1) is 0 Å². The Labute approximate surface area is 97.0 Å². The fourth-order valence-corrected chi connectivity index (χ4v) is 1.84. The van der Waals surface area contributed by atoms with Crippen LogP contribution in [0.2, 0.25) is 5.02 Å². The maximum absolute atomic E-state index is 10.6. The van der Waals surface area contributed by atoms with Crippen molar-refractivity contribution >= 4 is 28.5 Å². The summed E-state index contributed by atoms with van der Waals surface area (Å²) in [4.78, 5) is 13.7. The minimum absolute atomic E-state index is 0.264. The molecule has 4 N–H and O–H groups in total. The number of aromatic nitrogens is 1. The van der Waals surface area contributed by atoms with Gasteiger partial charge in [0.15, 0.2) is 0 Å². The van der Waals surface area contributed by atoms with Crippen LogP contribution in [0.5, 0.6) is 0 Å². The molecular weight excluding hydrogens is 228 g/mol. The average molecular weight is 239 g/mol. The van der Waals surface area contributed by atoms with Crippen LogP contribution in [0.25, 0.3) is 10.9 Å². The van der Waals surface area contributed by atoms with Crippen molar-refractivity contribution in [3.63, 3.8) is 0 Å². The molecule has 2 rings (SSSR count). The zero-order chi connectivity index (χ0) is 11.7. The summed E-state index contributed by atoms with van der Waals surface area (Å²) in [5.74, 6) is -1.01. The van der Waals surface area contributed by atoms with E-state index in [9.17, 15) is 4.79 Å². The predicted octanol–water partition coefficient (Wildman–Crippen LogP) is 1.78. The first kappa shape index (κ1) is 11.0. The lowest BCUT2D eigenvalue weighted by Gasteiger charge is -2.02. The Morgan fingerprint density at radius 3 is 2.94 bits per heavy atom. The lowest BCUT2D eigenvalue weighted by atomic mass is 10.1. The number of nitrogens with one attached hydrogen (secondary N) is 1. The fraction of sp³-hybridized carbons (Fsp3) is 0.182. The molecule has 0 saturated carbocycles. The Morgan fingerprint density at radius 1 is 1.56 bits per heavy atom. The number of hydrogen-bond donors (Lipinski definition) is 3. The lowest BCUT2D eigenvalue weighted by molar-refractivity contribution is -0.138. The summed E-state index contributed by atoms with van der Waals surface area (Å²) >= 11 is 6.00. The van der Waals surface area contributed by atoms with Crippen LogP contribution in [0.1, 0.15) is 5.69 Å². The van der Waals surface area contributed by atoms with Crippen molar-refractivity contribution in [2.45, 2.75) is 12.5 Å². The number of aliphatic carboxylic acids is 1. The maximum Gasteiger partial charge on any atom is 0.320 e. The predicted molar refractivity (Wildman–Crippen MR) is 62.6 cm³/mol. The zero-order valence-corrected chi connectivity index (χ0v) is 9.16. The van der Waals surface area contributed by atoms with Gasteiger partial charge >= 0.3 is 5.97 Å².